The summed E-state index contributed by atoms with van der Waals surface area (Å²) in [4.78, 5) is 19.2. The van der Waals surface area contributed by atoms with Gasteiger partial charge in [-0.25, -0.2) is 0 Å². The predicted octanol–water partition coefficient (Wildman–Crippen LogP) is 5.91. The van der Waals surface area contributed by atoms with E-state index in [0.717, 1.165) is 22.6 Å². The van der Waals surface area contributed by atoms with Crippen molar-refractivity contribution < 1.29 is 4.79 Å². The molecule has 2 aromatic heterocycles. The molecule has 2 aliphatic rings. The molecule has 1 aromatic carbocycles. The molecule has 1 aliphatic heterocycles. The van der Waals surface area contributed by atoms with Crippen LogP contribution in [-0.2, 0) is 4.79 Å². The molecule has 7 heteroatoms. The van der Waals surface area contributed by atoms with E-state index in [-0.39, 0.29) is 23.9 Å². The first-order valence-corrected chi connectivity index (χ1v) is 12.8. The lowest BCUT2D eigenvalue weighted by atomic mass is 9.96. The highest BCUT2D eigenvalue weighted by atomic mass is 32.1. The smallest absolute Gasteiger partial charge is 0.226 e. The van der Waals surface area contributed by atoms with Gasteiger partial charge in [-0.15, -0.1) is 0 Å². The fraction of sp³-hybridized carbons (Fsp3) is 0.393. The largest absolute Gasteiger partial charge is 0.351 e. The number of carbonyl (C=O) groups excluding carboxylic acids is 1. The van der Waals surface area contributed by atoms with Gasteiger partial charge in [0.1, 0.15) is 0 Å². The molecule has 3 aromatic rings. The summed E-state index contributed by atoms with van der Waals surface area (Å²) in [6, 6.07) is 15.0. The van der Waals surface area contributed by atoms with Gasteiger partial charge < -0.3 is 20.1 Å². The SMILES string of the molecule is Cc1cc(N2C(=S)NC(c3ccccn3)C2c2cc(C)n(C3CC3)c2C)ccc1NC(=O)C(C)C. The second-order valence-corrected chi connectivity index (χ2v) is 10.5. The Morgan fingerprint density at radius 3 is 2.54 bits per heavy atom. The van der Waals surface area contributed by atoms with Gasteiger partial charge in [0.25, 0.3) is 0 Å². The van der Waals surface area contributed by atoms with Crippen LogP contribution in [0, 0.1) is 26.7 Å². The Hall–Kier alpha value is -3.19. The lowest BCUT2D eigenvalue weighted by Gasteiger charge is -2.29. The summed E-state index contributed by atoms with van der Waals surface area (Å²) in [5.74, 6) is -0.0607. The Morgan fingerprint density at radius 1 is 1.14 bits per heavy atom. The minimum absolute atomic E-state index is 0.0137. The molecule has 35 heavy (non-hydrogen) atoms. The molecule has 1 aliphatic carbocycles. The zero-order valence-electron chi connectivity index (χ0n) is 21.0. The molecule has 1 saturated carbocycles. The number of nitrogens with one attached hydrogen (secondary N) is 2. The molecule has 2 N–H and O–H groups in total. The van der Waals surface area contributed by atoms with E-state index in [9.17, 15) is 4.79 Å². The third-order valence-electron chi connectivity index (χ3n) is 7.12. The zero-order valence-corrected chi connectivity index (χ0v) is 21.8. The number of nitrogens with zero attached hydrogens (tertiary/aromatic N) is 3. The predicted molar refractivity (Wildman–Crippen MR) is 145 cm³/mol. The molecule has 182 valence electrons. The van der Waals surface area contributed by atoms with Gasteiger partial charge in [-0.1, -0.05) is 19.9 Å². The van der Waals surface area contributed by atoms with E-state index in [0.29, 0.717) is 11.2 Å². The number of hydrogen-bond donors (Lipinski definition) is 2. The number of aromatic nitrogens is 2. The summed E-state index contributed by atoms with van der Waals surface area (Å²) in [7, 11) is 0. The molecule has 2 unspecified atom stereocenters. The molecule has 0 radical (unpaired) electrons. The van der Waals surface area contributed by atoms with Crippen LogP contribution >= 0.6 is 12.2 Å². The highest BCUT2D eigenvalue weighted by molar-refractivity contribution is 7.80. The molecule has 1 saturated heterocycles. The third kappa shape index (κ3) is 4.33. The van der Waals surface area contributed by atoms with Crippen LogP contribution in [0.5, 0.6) is 0 Å². The summed E-state index contributed by atoms with van der Waals surface area (Å²) in [5, 5.41) is 7.28. The van der Waals surface area contributed by atoms with E-state index >= 15 is 0 Å². The number of pyridine rings is 1. The second kappa shape index (κ2) is 9.11. The molecule has 6 nitrogen and oxygen atoms in total. The molecule has 1 amide bonds. The lowest BCUT2D eigenvalue weighted by molar-refractivity contribution is -0.118. The maximum atomic E-state index is 12.3. The number of benzene rings is 1. The number of thiocarbonyl (C=S) groups is 1. The van der Waals surface area contributed by atoms with Gasteiger partial charge in [0.15, 0.2) is 5.11 Å². The summed E-state index contributed by atoms with van der Waals surface area (Å²) < 4.78 is 2.49. The molecular formula is C28H33N5OS. The molecule has 5 rings (SSSR count). The quantitative estimate of drug-likeness (QED) is 0.423. The maximum Gasteiger partial charge on any atom is 0.226 e. The van der Waals surface area contributed by atoms with E-state index < -0.39 is 0 Å². The number of carbonyl (C=O) groups is 1. The number of anilines is 2. The van der Waals surface area contributed by atoms with E-state index in [1.165, 1.54) is 29.8 Å². The second-order valence-electron chi connectivity index (χ2n) is 10.1. The van der Waals surface area contributed by atoms with Gasteiger partial charge in [0.2, 0.25) is 5.91 Å². The monoisotopic (exact) mass is 487 g/mol. The Labute approximate surface area is 212 Å². The summed E-state index contributed by atoms with van der Waals surface area (Å²) >= 11 is 5.91. The zero-order chi connectivity index (χ0) is 24.9. The maximum absolute atomic E-state index is 12.3. The van der Waals surface area contributed by atoms with Crippen LogP contribution in [0.25, 0.3) is 0 Å². The van der Waals surface area contributed by atoms with Crippen molar-refractivity contribution in [2.24, 2.45) is 5.92 Å². The standard InChI is InChI=1S/C28H33N5OS/c1-16(2)27(34)30-23-12-11-21(14-17(23)3)33-26(22-15-18(4)32(19(22)5)20-9-10-20)25(31-28(33)35)24-8-6-7-13-29-24/h6-8,11-16,20,25-26H,9-10H2,1-5H3,(H,30,34)(H,31,35). The summed E-state index contributed by atoms with van der Waals surface area (Å²) in [5.41, 5.74) is 7.66. The topological polar surface area (TPSA) is 62.2 Å². The van der Waals surface area contributed by atoms with Crippen LogP contribution in [0.2, 0.25) is 0 Å². The average Bonchev–Trinajstić information content (AvgIpc) is 3.54. The molecule has 0 bridgehead atoms. The van der Waals surface area contributed by atoms with Crippen molar-refractivity contribution in [3.8, 4) is 0 Å². The van der Waals surface area contributed by atoms with Gasteiger partial charge in [0, 0.05) is 40.9 Å². The Kier molecular flexibility index (Phi) is 6.13. The van der Waals surface area contributed by atoms with E-state index in [1.54, 1.807) is 0 Å². The highest BCUT2D eigenvalue weighted by Gasteiger charge is 2.43. The first-order chi connectivity index (χ1) is 16.8. The summed E-state index contributed by atoms with van der Waals surface area (Å²) in [6.07, 6.45) is 4.32. The van der Waals surface area contributed by atoms with E-state index in [1.807, 2.05) is 51.2 Å². The fourth-order valence-electron chi connectivity index (χ4n) is 5.16. The van der Waals surface area contributed by atoms with Crippen LogP contribution in [0.3, 0.4) is 0 Å². The van der Waals surface area contributed by atoms with Crippen molar-refractivity contribution in [3.05, 3.63) is 76.9 Å². The van der Waals surface area contributed by atoms with Crippen molar-refractivity contribution in [3.63, 3.8) is 0 Å². The van der Waals surface area contributed by atoms with Crippen molar-refractivity contribution in [1.29, 1.82) is 0 Å². The van der Waals surface area contributed by atoms with Gasteiger partial charge in [-0.3, -0.25) is 9.78 Å². The van der Waals surface area contributed by atoms with Crippen molar-refractivity contribution >= 4 is 34.6 Å². The highest BCUT2D eigenvalue weighted by Crippen LogP contribution is 2.46. The average molecular weight is 488 g/mol. The van der Waals surface area contributed by atoms with Crippen LogP contribution < -0.4 is 15.5 Å². The molecule has 3 heterocycles. The first kappa shape index (κ1) is 23.5. The number of rotatable bonds is 6. The minimum atomic E-state index is -0.0744. The van der Waals surface area contributed by atoms with Crippen LogP contribution in [-0.4, -0.2) is 20.6 Å². The lowest BCUT2D eigenvalue weighted by Crippen LogP contribution is -2.29. The molecule has 2 fully saturated rings. The van der Waals surface area contributed by atoms with Crippen molar-refractivity contribution in [1.82, 2.24) is 14.9 Å². The minimum Gasteiger partial charge on any atom is -0.351 e. The Balaban J connectivity index is 1.58. The Bertz CT molecular complexity index is 1280. The Morgan fingerprint density at radius 2 is 1.91 bits per heavy atom. The summed E-state index contributed by atoms with van der Waals surface area (Å²) in [6.45, 7) is 10.2. The van der Waals surface area contributed by atoms with Gasteiger partial charge in [-0.2, -0.15) is 0 Å². The molecular weight excluding hydrogens is 454 g/mol. The van der Waals surface area contributed by atoms with Crippen LogP contribution in [0.1, 0.15) is 73.0 Å². The van der Waals surface area contributed by atoms with E-state index in [4.69, 9.17) is 12.2 Å². The fourth-order valence-corrected chi connectivity index (χ4v) is 5.51. The van der Waals surface area contributed by atoms with Gasteiger partial charge in [-0.05, 0) is 93.4 Å². The van der Waals surface area contributed by atoms with Crippen LogP contribution in [0.4, 0.5) is 11.4 Å². The van der Waals surface area contributed by atoms with Crippen molar-refractivity contribution in [2.75, 3.05) is 10.2 Å². The third-order valence-corrected chi connectivity index (χ3v) is 7.44. The normalized spacial score (nSPS) is 19.8. The van der Waals surface area contributed by atoms with E-state index in [2.05, 4.69) is 57.1 Å². The number of amides is 1. The number of aryl methyl sites for hydroxylation is 2. The van der Waals surface area contributed by atoms with Gasteiger partial charge in [0.05, 0.1) is 17.8 Å². The van der Waals surface area contributed by atoms with Crippen molar-refractivity contribution in [2.45, 2.75) is 65.6 Å². The van der Waals surface area contributed by atoms with Gasteiger partial charge >= 0.3 is 0 Å². The first-order valence-electron chi connectivity index (χ1n) is 12.4. The van der Waals surface area contributed by atoms with Crippen LogP contribution in [0.15, 0.2) is 48.7 Å². The number of hydrogen-bond acceptors (Lipinski definition) is 3. The molecule has 0 spiro atoms. The molecule has 2 atom stereocenters.